The smallest absolute Gasteiger partial charge is 0.0741 e. The average molecular weight is 126 g/mol. The first-order valence-electron chi connectivity index (χ1n) is 3.62. The Morgan fingerprint density at radius 2 is 2.56 bits per heavy atom. The van der Waals surface area contributed by atoms with E-state index in [1.807, 2.05) is 0 Å². The van der Waals surface area contributed by atoms with Gasteiger partial charge in [0.05, 0.1) is 18.6 Å². The second-order valence-electron chi connectivity index (χ2n) is 3.44. The molecule has 3 atom stereocenters. The van der Waals surface area contributed by atoms with E-state index in [2.05, 4.69) is 19.4 Å². The Balaban J connectivity index is 2.05. The van der Waals surface area contributed by atoms with Gasteiger partial charge < -0.3 is 10.2 Å². The number of rotatable bonds is 1. The van der Waals surface area contributed by atoms with Gasteiger partial charge in [-0.05, 0) is 13.5 Å². The zero-order chi connectivity index (χ0) is 6.48. The van der Waals surface area contributed by atoms with Crippen LogP contribution in [0.5, 0.6) is 0 Å². The second-order valence-corrected chi connectivity index (χ2v) is 3.44. The molecule has 1 saturated carbocycles. The van der Waals surface area contributed by atoms with Crippen LogP contribution in [0.3, 0.4) is 0 Å². The Morgan fingerprint density at radius 3 is 2.89 bits per heavy atom. The Labute approximate surface area is 56.2 Å². The molecule has 1 saturated heterocycles. The summed E-state index contributed by atoms with van der Waals surface area (Å²) in [6.07, 6.45) is 1.39. The van der Waals surface area contributed by atoms with E-state index in [1.54, 1.807) is 0 Å². The van der Waals surface area contributed by atoms with Crippen molar-refractivity contribution in [3.8, 4) is 0 Å². The first-order chi connectivity index (χ1) is 4.27. The van der Waals surface area contributed by atoms with Crippen LogP contribution in [0.25, 0.3) is 0 Å². The van der Waals surface area contributed by atoms with Gasteiger partial charge >= 0.3 is 0 Å². The van der Waals surface area contributed by atoms with Gasteiger partial charge in [0.25, 0.3) is 0 Å². The monoisotopic (exact) mass is 126 g/mol. The van der Waals surface area contributed by atoms with Gasteiger partial charge in [-0.2, -0.15) is 7.05 Å². The third kappa shape index (κ3) is 0.634. The van der Waals surface area contributed by atoms with Crippen LogP contribution in [-0.4, -0.2) is 25.7 Å². The third-order valence-corrected chi connectivity index (χ3v) is 2.83. The van der Waals surface area contributed by atoms with Crippen LogP contribution in [-0.2, 0) is 0 Å². The van der Waals surface area contributed by atoms with Gasteiger partial charge in [-0.15, -0.1) is 0 Å². The second kappa shape index (κ2) is 1.50. The van der Waals surface area contributed by atoms with Crippen LogP contribution in [0.1, 0.15) is 6.42 Å². The van der Waals surface area contributed by atoms with Gasteiger partial charge in [-0.1, -0.05) is 0 Å². The van der Waals surface area contributed by atoms with Gasteiger partial charge in [0.2, 0.25) is 0 Å². The normalized spacial score (nSPS) is 55.3. The van der Waals surface area contributed by atoms with Crippen molar-refractivity contribution in [2.45, 2.75) is 12.0 Å². The van der Waals surface area contributed by atoms with E-state index < -0.39 is 0 Å². The van der Waals surface area contributed by atoms with E-state index in [9.17, 15) is 0 Å². The van der Waals surface area contributed by atoms with Gasteiger partial charge in [0, 0.05) is 5.92 Å². The fourth-order valence-corrected chi connectivity index (χ4v) is 2.13. The van der Waals surface area contributed by atoms with Crippen molar-refractivity contribution in [2.24, 2.45) is 5.92 Å². The predicted molar refractivity (Wildman–Crippen MR) is 36.0 cm³/mol. The van der Waals surface area contributed by atoms with Crippen molar-refractivity contribution >= 4 is 0 Å². The molecular formula is C7H14N2. The maximum atomic E-state index is 3.99. The standard InChI is InChI=1S/C7H14N2/c1-8-7-3-6(7)4-9(2)5-7/h6,8-9H,2-5H2,1H3/t6-,7-/m0/s1. The van der Waals surface area contributed by atoms with Crippen LogP contribution in [0.2, 0.25) is 0 Å². The highest BCUT2D eigenvalue weighted by molar-refractivity contribution is 5.11. The molecule has 0 aromatic rings. The number of fused-ring (bicyclic) bond motifs is 1. The van der Waals surface area contributed by atoms with Crippen LogP contribution in [0.4, 0.5) is 0 Å². The van der Waals surface area contributed by atoms with Crippen molar-refractivity contribution in [3.63, 3.8) is 0 Å². The average Bonchev–Trinajstić information content (AvgIpc) is 2.38. The summed E-state index contributed by atoms with van der Waals surface area (Å²) in [4.78, 5) is 1.45. The summed E-state index contributed by atoms with van der Waals surface area (Å²) in [7, 11) is 6.06. The highest BCUT2D eigenvalue weighted by atomic mass is 15.2. The molecule has 0 aromatic heterocycles. The van der Waals surface area contributed by atoms with Crippen molar-refractivity contribution in [2.75, 3.05) is 20.1 Å². The van der Waals surface area contributed by atoms with Crippen LogP contribution >= 0.6 is 0 Å². The number of likely N-dealkylation sites (N-methyl/N-ethyl adjacent to an activating group) is 1. The van der Waals surface area contributed by atoms with Crippen LogP contribution < -0.4 is 10.2 Å². The zero-order valence-corrected chi connectivity index (χ0v) is 5.91. The van der Waals surface area contributed by atoms with Gasteiger partial charge in [-0.25, -0.2) is 0 Å². The van der Waals surface area contributed by atoms with Gasteiger partial charge in [-0.3, -0.25) is 0 Å². The summed E-state index contributed by atoms with van der Waals surface area (Å²) < 4.78 is 0. The predicted octanol–water partition coefficient (Wildman–Crippen LogP) is -1.35. The molecule has 1 heterocycles. The molecule has 1 aliphatic heterocycles. The molecule has 0 radical (unpaired) electrons. The molecule has 52 valence electrons. The van der Waals surface area contributed by atoms with E-state index in [0.717, 1.165) is 5.92 Å². The minimum Gasteiger partial charge on any atom is -0.466 e. The number of hydrogen-bond donors (Lipinski definition) is 2. The molecule has 2 nitrogen and oxygen atoms in total. The first kappa shape index (κ1) is 5.69. The Hall–Kier alpha value is -0.0800. The minimum absolute atomic E-state index is 0.525. The highest BCUT2D eigenvalue weighted by Crippen LogP contribution is 2.43. The molecule has 1 unspecified atom stereocenters. The van der Waals surface area contributed by atoms with Crippen molar-refractivity contribution in [1.29, 1.82) is 0 Å². The van der Waals surface area contributed by atoms with E-state index >= 15 is 0 Å². The molecule has 2 rings (SSSR count). The van der Waals surface area contributed by atoms with Crippen molar-refractivity contribution in [1.82, 2.24) is 5.32 Å². The molecule has 0 bridgehead atoms. The topological polar surface area (TPSA) is 16.5 Å². The molecule has 1 aliphatic carbocycles. The maximum Gasteiger partial charge on any atom is 0.0741 e. The zero-order valence-electron chi connectivity index (χ0n) is 5.91. The molecule has 0 spiro atoms. The number of hydrogen-bond acceptors (Lipinski definition) is 1. The molecule has 9 heavy (non-hydrogen) atoms. The molecule has 2 N–H and O–H groups in total. The molecule has 0 amide bonds. The van der Waals surface area contributed by atoms with E-state index in [1.165, 1.54) is 24.4 Å². The summed E-state index contributed by atoms with van der Waals surface area (Å²) in [5.74, 6) is 0.940. The molecule has 2 aliphatic rings. The fraction of sp³-hybridized carbons (Fsp3) is 0.857. The lowest BCUT2D eigenvalue weighted by Crippen LogP contribution is -3.06. The molecule has 2 heteroatoms. The Morgan fingerprint density at radius 1 is 1.78 bits per heavy atom. The molecular weight excluding hydrogens is 112 g/mol. The number of quaternary nitrogens is 1. The van der Waals surface area contributed by atoms with E-state index in [-0.39, 0.29) is 0 Å². The summed E-state index contributed by atoms with van der Waals surface area (Å²) in [6, 6.07) is 0. The largest absolute Gasteiger partial charge is 0.466 e. The lowest BCUT2D eigenvalue weighted by Gasteiger charge is -2.17. The van der Waals surface area contributed by atoms with E-state index in [4.69, 9.17) is 0 Å². The van der Waals surface area contributed by atoms with E-state index in [0.29, 0.717) is 5.54 Å². The SMILES string of the molecule is [CH2-][NH+]1C[C@@H]2C[C@]2(NC)C1. The minimum atomic E-state index is 0.525. The molecule has 0 aromatic carbocycles. The third-order valence-electron chi connectivity index (χ3n) is 2.83. The van der Waals surface area contributed by atoms with Gasteiger partial charge in [0.15, 0.2) is 0 Å². The Kier molecular flexibility index (Phi) is 0.945. The lowest BCUT2D eigenvalue weighted by atomic mass is 10.2. The van der Waals surface area contributed by atoms with Gasteiger partial charge in [0.1, 0.15) is 0 Å². The summed E-state index contributed by atoms with van der Waals surface area (Å²) in [6.45, 7) is 2.51. The van der Waals surface area contributed by atoms with Crippen molar-refractivity contribution < 1.29 is 4.90 Å². The van der Waals surface area contributed by atoms with Crippen molar-refractivity contribution in [3.05, 3.63) is 7.05 Å². The maximum absolute atomic E-state index is 3.99. The number of likely N-dealkylation sites (tertiary alicyclic amines) is 1. The van der Waals surface area contributed by atoms with Crippen LogP contribution in [0.15, 0.2) is 0 Å². The molecule has 2 fully saturated rings. The quantitative estimate of drug-likeness (QED) is 0.415. The number of nitrogens with one attached hydrogen (secondary N) is 2. The lowest BCUT2D eigenvalue weighted by molar-refractivity contribution is -0.846. The summed E-state index contributed by atoms with van der Waals surface area (Å²) in [5.41, 5.74) is 0.525. The first-order valence-corrected chi connectivity index (χ1v) is 3.62. The Bertz CT molecular complexity index is 131. The highest BCUT2D eigenvalue weighted by Gasteiger charge is 2.60. The number of piperidine rings is 1. The fourth-order valence-electron chi connectivity index (χ4n) is 2.13. The summed E-state index contributed by atoms with van der Waals surface area (Å²) in [5, 5.41) is 3.38. The summed E-state index contributed by atoms with van der Waals surface area (Å²) >= 11 is 0. The van der Waals surface area contributed by atoms with Crippen LogP contribution in [0, 0.1) is 13.0 Å².